The number of rotatable bonds is 3. The Morgan fingerprint density at radius 3 is 3.00 bits per heavy atom. The molecule has 0 amide bonds. The van der Waals surface area contributed by atoms with Gasteiger partial charge in [-0.25, -0.2) is 0 Å². The molecule has 0 saturated heterocycles. The van der Waals surface area contributed by atoms with Gasteiger partial charge in [0, 0.05) is 23.9 Å². The first kappa shape index (κ1) is 11.1. The zero-order valence-electron chi connectivity index (χ0n) is 10.3. The van der Waals surface area contributed by atoms with Crippen LogP contribution in [0.2, 0.25) is 0 Å². The summed E-state index contributed by atoms with van der Waals surface area (Å²) in [6, 6.07) is 4.41. The van der Waals surface area contributed by atoms with Crippen molar-refractivity contribution in [3.63, 3.8) is 0 Å². The van der Waals surface area contributed by atoms with Crippen LogP contribution in [-0.2, 0) is 4.79 Å². The zero-order valence-corrected chi connectivity index (χ0v) is 10.3. The van der Waals surface area contributed by atoms with Crippen LogP contribution in [0, 0.1) is 12.8 Å². The average Bonchev–Trinajstić information content (AvgIpc) is 2.77. The summed E-state index contributed by atoms with van der Waals surface area (Å²) in [5.41, 5.74) is 3.18. The number of carbonyl (C=O) groups is 1. The molecule has 2 aromatic heterocycles. The van der Waals surface area contributed by atoms with Crippen LogP contribution < -0.4 is 0 Å². The molecule has 0 bridgehead atoms. The summed E-state index contributed by atoms with van der Waals surface area (Å²) in [6.45, 7) is 2.05. The number of aryl methyl sites for hydroxylation is 1. The third-order valence-electron chi connectivity index (χ3n) is 3.53. The van der Waals surface area contributed by atoms with Gasteiger partial charge in [-0.2, -0.15) is 5.10 Å². The van der Waals surface area contributed by atoms with Crippen molar-refractivity contribution in [3.8, 4) is 11.3 Å². The Bertz CT molecular complexity index is 570. The van der Waals surface area contributed by atoms with E-state index in [4.69, 9.17) is 0 Å². The van der Waals surface area contributed by atoms with Crippen molar-refractivity contribution in [2.75, 3.05) is 0 Å². The molecule has 3 rings (SSSR count). The highest BCUT2D eigenvalue weighted by molar-refractivity contribution is 5.58. The lowest BCUT2D eigenvalue weighted by atomic mass is 9.81. The summed E-state index contributed by atoms with van der Waals surface area (Å²) in [4.78, 5) is 14.9. The molecule has 1 fully saturated rings. The average molecular weight is 241 g/mol. The molecular weight excluding hydrogens is 226 g/mol. The van der Waals surface area contributed by atoms with Gasteiger partial charge in [-0.15, -0.1) is 0 Å². The Labute approximate surface area is 106 Å². The maximum atomic E-state index is 10.6. The molecule has 1 aliphatic carbocycles. The molecule has 0 N–H and O–H groups in total. The standard InChI is InChI=1S/C14H15N3O/c1-10-2-3-15-14(4-10)12-7-16-17(8-12)13-5-11(6-13)9-18/h2-4,7-9,11,13H,5-6H2,1H3. The Balaban J connectivity index is 1.80. The van der Waals surface area contributed by atoms with E-state index in [1.807, 2.05) is 29.3 Å². The predicted molar refractivity (Wildman–Crippen MR) is 68.0 cm³/mol. The highest BCUT2D eigenvalue weighted by atomic mass is 16.1. The van der Waals surface area contributed by atoms with Crippen molar-refractivity contribution in [1.82, 2.24) is 14.8 Å². The maximum Gasteiger partial charge on any atom is 0.123 e. The first-order chi connectivity index (χ1) is 8.76. The molecule has 1 aliphatic rings. The van der Waals surface area contributed by atoms with Gasteiger partial charge in [0.1, 0.15) is 6.29 Å². The minimum Gasteiger partial charge on any atom is -0.303 e. The second-order valence-electron chi connectivity index (χ2n) is 4.95. The predicted octanol–water partition coefficient (Wildman–Crippen LogP) is 2.40. The SMILES string of the molecule is Cc1ccnc(-c2cnn(C3CC(C=O)C3)c2)c1. The maximum absolute atomic E-state index is 10.6. The number of aromatic nitrogens is 3. The number of aldehydes is 1. The zero-order chi connectivity index (χ0) is 12.5. The van der Waals surface area contributed by atoms with Crippen LogP contribution in [0.5, 0.6) is 0 Å². The number of pyridine rings is 1. The smallest absolute Gasteiger partial charge is 0.123 e. The van der Waals surface area contributed by atoms with E-state index in [0.29, 0.717) is 6.04 Å². The molecule has 1 saturated carbocycles. The van der Waals surface area contributed by atoms with Gasteiger partial charge in [-0.1, -0.05) is 0 Å². The van der Waals surface area contributed by atoms with Gasteiger partial charge < -0.3 is 4.79 Å². The van der Waals surface area contributed by atoms with E-state index in [9.17, 15) is 4.79 Å². The number of hydrogen-bond acceptors (Lipinski definition) is 3. The molecule has 0 atom stereocenters. The van der Waals surface area contributed by atoms with Gasteiger partial charge in [-0.05, 0) is 37.5 Å². The minimum atomic E-state index is 0.222. The fraction of sp³-hybridized carbons (Fsp3) is 0.357. The first-order valence-corrected chi connectivity index (χ1v) is 6.19. The van der Waals surface area contributed by atoms with E-state index in [1.165, 1.54) is 5.56 Å². The van der Waals surface area contributed by atoms with Crippen molar-refractivity contribution < 1.29 is 4.79 Å². The van der Waals surface area contributed by atoms with E-state index in [2.05, 4.69) is 23.1 Å². The molecule has 0 aromatic carbocycles. The monoisotopic (exact) mass is 241 g/mol. The summed E-state index contributed by atoms with van der Waals surface area (Å²) >= 11 is 0. The van der Waals surface area contributed by atoms with Gasteiger partial charge in [0.2, 0.25) is 0 Å². The van der Waals surface area contributed by atoms with Gasteiger partial charge in [0.05, 0.1) is 17.9 Å². The van der Waals surface area contributed by atoms with Crippen LogP contribution in [0.25, 0.3) is 11.3 Å². The van der Waals surface area contributed by atoms with Gasteiger partial charge >= 0.3 is 0 Å². The van der Waals surface area contributed by atoms with E-state index in [-0.39, 0.29) is 5.92 Å². The fourth-order valence-electron chi connectivity index (χ4n) is 2.32. The van der Waals surface area contributed by atoms with E-state index >= 15 is 0 Å². The quantitative estimate of drug-likeness (QED) is 0.775. The largest absolute Gasteiger partial charge is 0.303 e. The lowest BCUT2D eigenvalue weighted by Crippen LogP contribution is -2.27. The summed E-state index contributed by atoms with van der Waals surface area (Å²) < 4.78 is 1.96. The molecule has 2 heterocycles. The number of nitrogens with zero attached hydrogens (tertiary/aromatic N) is 3. The van der Waals surface area contributed by atoms with Crippen molar-refractivity contribution in [2.45, 2.75) is 25.8 Å². The summed E-state index contributed by atoms with van der Waals surface area (Å²) in [5, 5.41) is 4.37. The Morgan fingerprint density at radius 2 is 2.28 bits per heavy atom. The van der Waals surface area contributed by atoms with Crippen LogP contribution >= 0.6 is 0 Å². The van der Waals surface area contributed by atoms with Crippen LogP contribution in [-0.4, -0.2) is 21.1 Å². The molecule has 0 spiro atoms. The molecule has 4 nitrogen and oxygen atoms in total. The van der Waals surface area contributed by atoms with E-state index in [0.717, 1.165) is 30.4 Å². The third-order valence-corrected chi connectivity index (χ3v) is 3.53. The molecule has 92 valence electrons. The van der Waals surface area contributed by atoms with Gasteiger partial charge in [0.15, 0.2) is 0 Å². The lowest BCUT2D eigenvalue weighted by molar-refractivity contribution is -0.114. The summed E-state index contributed by atoms with van der Waals surface area (Å²) in [5.74, 6) is 0.222. The third kappa shape index (κ3) is 1.94. The first-order valence-electron chi connectivity index (χ1n) is 6.19. The Morgan fingerprint density at radius 1 is 1.44 bits per heavy atom. The molecule has 18 heavy (non-hydrogen) atoms. The molecule has 0 radical (unpaired) electrons. The Hall–Kier alpha value is -1.97. The highest BCUT2D eigenvalue weighted by Gasteiger charge is 2.30. The van der Waals surface area contributed by atoms with E-state index < -0.39 is 0 Å². The molecule has 4 heteroatoms. The van der Waals surface area contributed by atoms with Crippen molar-refractivity contribution in [3.05, 3.63) is 36.3 Å². The highest BCUT2D eigenvalue weighted by Crippen LogP contribution is 2.36. The molecule has 2 aromatic rings. The normalized spacial score (nSPS) is 22.5. The van der Waals surface area contributed by atoms with Crippen LogP contribution in [0.1, 0.15) is 24.4 Å². The van der Waals surface area contributed by atoms with Gasteiger partial charge in [-0.3, -0.25) is 9.67 Å². The lowest BCUT2D eigenvalue weighted by Gasteiger charge is -2.31. The van der Waals surface area contributed by atoms with Crippen molar-refractivity contribution in [2.24, 2.45) is 5.92 Å². The fourth-order valence-corrected chi connectivity index (χ4v) is 2.32. The van der Waals surface area contributed by atoms with Crippen molar-refractivity contribution in [1.29, 1.82) is 0 Å². The van der Waals surface area contributed by atoms with Crippen molar-refractivity contribution >= 4 is 6.29 Å². The second kappa shape index (κ2) is 4.37. The molecule has 0 unspecified atom stereocenters. The number of carbonyl (C=O) groups excluding carboxylic acids is 1. The summed E-state index contributed by atoms with van der Waals surface area (Å²) in [7, 11) is 0. The Kier molecular flexibility index (Phi) is 2.70. The summed E-state index contributed by atoms with van der Waals surface area (Å²) in [6.07, 6.45) is 8.54. The van der Waals surface area contributed by atoms with Crippen LogP contribution in [0.15, 0.2) is 30.7 Å². The molecule has 0 aliphatic heterocycles. The topological polar surface area (TPSA) is 47.8 Å². The van der Waals surface area contributed by atoms with Crippen LogP contribution in [0.3, 0.4) is 0 Å². The van der Waals surface area contributed by atoms with Gasteiger partial charge in [0.25, 0.3) is 0 Å². The van der Waals surface area contributed by atoms with Crippen LogP contribution in [0.4, 0.5) is 0 Å². The number of hydrogen-bond donors (Lipinski definition) is 0. The van der Waals surface area contributed by atoms with E-state index in [1.54, 1.807) is 0 Å². The second-order valence-corrected chi connectivity index (χ2v) is 4.95. The minimum absolute atomic E-state index is 0.222. The molecular formula is C14H15N3O.